The Kier molecular flexibility index (Phi) is 20.0. The van der Waals surface area contributed by atoms with Crippen molar-refractivity contribution in [2.45, 2.75) is 128 Å². The largest absolute Gasteiger partial charge is 1.00 e. The zero-order chi connectivity index (χ0) is 28.2. The highest BCUT2D eigenvalue weighted by Gasteiger charge is 2.45. The van der Waals surface area contributed by atoms with E-state index in [1.54, 1.807) is 0 Å². The summed E-state index contributed by atoms with van der Waals surface area (Å²) in [6.07, 6.45) is 20.7. The Bertz CT molecular complexity index is 839. The van der Waals surface area contributed by atoms with Crippen LogP contribution >= 0.6 is 11.8 Å². The first kappa shape index (κ1) is 36.4. The molecule has 1 aliphatic rings. The van der Waals surface area contributed by atoms with E-state index >= 15 is 0 Å². The van der Waals surface area contributed by atoms with Crippen molar-refractivity contribution in [1.29, 1.82) is 0 Å². The van der Waals surface area contributed by atoms with Gasteiger partial charge in [0.15, 0.2) is 6.20 Å². The Hall–Kier alpha value is -1.67. The molecule has 0 aliphatic carbocycles. The number of nitrogens with zero attached hydrogens (tertiary/aromatic N) is 1. The van der Waals surface area contributed by atoms with Gasteiger partial charge in [0.05, 0.1) is 11.9 Å². The third kappa shape index (κ3) is 13.3. The lowest BCUT2D eigenvalue weighted by molar-refractivity contribution is -0.701. The topological polar surface area (TPSA) is 80.5 Å². The van der Waals surface area contributed by atoms with Crippen molar-refractivity contribution in [3.05, 3.63) is 29.6 Å². The van der Waals surface area contributed by atoms with Gasteiger partial charge in [-0.1, -0.05) is 90.4 Å². The van der Waals surface area contributed by atoms with Crippen LogP contribution in [0.25, 0.3) is 0 Å². The molecule has 1 aromatic rings. The highest BCUT2D eigenvalue weighted by atomic mass is 35.5. The smallest absolute Gasteiger partial charge is 0.407 e. The van der Waals surface area contributed by atoms with Gasteiger partial charge >= 0.3 is 12.2 Å². The predicted molar refractivity (Wildman–Crippen MR) is 160 cm³/mol. The van der Waals surface area contributed by atoms with Gasteiger partial charge in [-0.3, -0.25) is 0 Å². The Labute approximate surface area is 253 Å². The quantitative estimate of drug-likeness (QED) is 0.162. The normalized spacial score (nSPS) is 16.0. The number of halogens is 1. The molecule has 40 heavy (non-hydrogen) atoms. The van der Waals surface area contributed by atoms with Gasteiger partial charge in [0.25, 0.3) is 0 Å². The van der Waals surface area contributed by atoms with E-state index in [9.17, 15) is 9.59 Å². The summed E-state index contributed by atoms with van der Waals surface area (Å²) in [6.45, 7) is 6.48. The molecule has 7 nitrogen and oxygen atoms in total. The number of hydrogen-bond donors (Lipinski definition) is 2. The Morgan fingerprint density at radius 1 is 0.900 bits per heavy atom. The molecule has 0 aromatic carbocycles. The SMILES string of the molecule is CCCCCCCCCCCCCCCCNC(=O)OCC1(c2ccc[n+](CC)c2CNC(=O)OC)CCS1.[Cl-]. The average Bonchev–Trinajstić information content (AvgIpc) is 2.93. The Morgan fingerprint density at radius 2 is 1.48 bits per heavy atom. The maximum Gasteiger partial charge on any atom is 0.407 e. The van der Waals surface area contributed by atoms with E-state index in [4.69, 9.17) is 9.47 Å². The van der Waals surface area contributed by atoms with Gasteiger partial charge in [-0.2, -0.15) is 0 Å². The van der Waals surface area contributed by atoms with E-state index in [0.29, 0.717) is 19.7 Å². The first-order valence-electron chi connectivity index (χ1n) is 15.4. The van der Waals surface area contributed by atoms with E-state index in [1.807, 2.05) is 24.0 Å². The van der Waals surface area contributed by atoms with Crippen LogP contribution in [0.15, 0.2) is 18.3 Å². The standard InChI is InChI=1S/C31H53N3O4S.ClH/c1-4-6-7-8-9-10-11-12-13-14-15-16-17-18-22-32-30(36)38-26-31(21-24-39-31)27-20-19-23-34(5-2)28(27)25-33-29(35)37-3;/h19-20,23H,4-18,21-22,24-26H2,1-3H3,(H-,32,33,35,36);1H. The number of nitrogens with one attached hydrogen (secondary N) is 2. The first-order valence-corrected chi connectivity index (χ1v) is 16.4. The van der Waals surface area contributed by atoms with Crippen LogP contribution in [0.3, 0.4) is 0 Å². The maximum atomic E-state index is 12.4. The fourth-order valence-corrected chi connectivity index (χ4v) is 6.40. The van der Waals surface area contributed by atoms with Gasteiger partial charge < -0.3 is 32.5 Å². The van der Waals surface area contributed by atoms with Crippen molar-refractivity contribution in [1.82, 2.24) is 10.6 Å². The molecule has 9 heteroatoms. The molecule has 1 aromatic heterocycles. The second kappa shape index (κ2) is 22.0. The minimum atomic E-state index is -0.457. The van der Waals surface area contributed by atoms with E-state index in [1.165, 1.54) is 84.2 Å². The molecule has 1 saturated heterocycles. The fraction of sp³-hybridized carbons (Fsp3) is 0.774. The lowest BCUT2D eigenvalue weighted by atomic mass is 9.93. The minimum absolute atomic E-state index is 0. The lowest BCUT2D eigenvalue weighted by Gasteiger charge is -2.40. The number of aryl methyl sites for hydroxylation is 1. The van der Waals surface area contributed by atoms with Gasteiger partial charge in [-0.05, 0) is 31.6 Å². The second-order valence-electron chi connectivity index (χ2n) is 10.7. The molecule has 2 N–H and O–H groups in total. The van der Waals surface area contributed by atoms with Gasteiger partial charge in [-0.25, -0.2) is 14.2 Å². The number of carbonyl (C=O) groups is 2. The summed E-state index contributed by atoms with van der Waals surface area (Å²) in [4.78, 5) is 24.1. The summed E-state index contributed by atoms with van der Waals surface area (Å²) in [6, 6.07) is 4.11. The number of alkyl carbamates (subject to hydrolysis) is 2. The summed E-state index contributed by atoms with van der Waals surface area (Å²) in [5.74, 6) is 1.02. The summed E-state index contributed by atoms with van der Waals surface area (Å²) in [5.41, 5.74) is 2.13. The van der Waals surface area contributed by atoms with Crippen molar-refractivity contribution >= 4 is 23.9 Å². The van der Waals surface area contributed by atoms with Crippen LogP contribution in [0.2, 0.25) is 0 Å². The van der Waals surface area contributed by atoms with Gasteiger partial charge in [0.1, 0.15) is 19.7 Å². The molecule has 0 radical (unpaired) electrons. The summed E-state index contributed by atoms with van der Waals surface area (Å²) >= 11 is 1.81. The van der Waals surface area contributed by atoms with E-state index < -0.39 is 6.09 Å². The van der Waals surface area contributed by atoms with E-state index in [0.717, 1.165) is 42.8 Å². The molecule has 2 amide bonds. The number of aromatic nitrogens is 1. The first-order chi connectivity index (χ1) is 19.1. The van der Waals surface area contributed by atoms with Gasteiger partial charge in [0.2, 0.25) is 5.69 Å². The zero-order valence-corrected chi connectivity index (χ0v) is 26.8. The van der Waals surface area contributed by atoms with E-state index in [-0.39, 0.29) is 23.2 Å². The molecule has 1 aliphatic heterocycles. The predicted octanol–water partition coefficient (Wildman–Crippen LogP) is 4.39. The van der Waals surface area contributed by atoms with E-state index in [2.05, 4.69) is 35.1 Å². The van der Waals surface area contributed by atoms with Crippen LogP contribution in [0.5, 0.6) is 0 Å². The van der Waals surface area contributed by atoms with Crippen molar-refractivity contribution in [3.8, 4) is 0 Å². The molecule has 1 atom stereocenters. The molecule has 0 saturated carbocycles. The van der Waals surface area contributed by atoms with Crippen LogP contribution in [-0.2, 0) is 27.3 Å². The second-order valence-corrected chi connectivity index (χ2v) is 12.2. The maximum absolute atomic E-state index is 12.4. The number of amides is 2. The zero-order valence-electron chi connectivity index (χ0n) is 25.2. The van der Waals surface area contributed by atoms with Gasteiger partial charge in [-0.15, -0.1) is 11.8 Å². The Balaban J connectivity index is 0.00000800. The molecule has 0 spiro atoms. The summed E-state index contributed by atoms with van der Waals surface area (Å²) < 4.78 is 12.3. The number of carbonyl (C=O) groups excluding carboxylic acids is 2. The molecule has 230 valence electrons. The van der Waals surface area contributed by atoms with Gasteiger partial charge in [0, 0.05) is 18.2 Å². The third-order valence-electron chi connectivity index (χ3n) is 7.72. The number of thioether (sulfide) groups is 1. The molecule has 0 bridgehead atoms. The lowest BCUT2D eigenvalue weighted by Crippen LogP contribution is -3.00. The number of ether oxygens (including phenoxy) is 2. The third-order valence-corrected chi connectivity index (χ3v) is 9.23. The summed E-state index contributed by atoms with van der Waals surface area (Å²) in [7, 11) is 1.36. The molecule has 2 rings (SSSR count). The van der Waals surface area contributed by atoms with Crippen molar-refractivity contribution in [2.75, 3.05) is 26.0 Å². The number of pyridine rings is 1. The minimum Gasteiger partial charge on any atom is -1.00 e. The average molecular weight is 600 g/mol. The molecular weight excluding hydrogens is 546 g/mol. The van der Waals surface area contributed by atoms with Crippen LogP contribution in [0.1, 0.15) is 121 Å². The monoisotopic (exact) mass is 599 g/mol. The molecular formula is C31H54ClN3O4S. The fourth-order valence-electron chi connectivity index (χ4n) is 5.22. The van der Waals surface area contributed by atoms with Crippen LogP contribution in [-0.4, -0.2) is 38.2 Å². The number of rotatable bonds is 21. The van der Waals surface area contributed by atoms with Crippen molar-refractivity contribution < 1.29 is 36.0 Å². The Morgan fingerprint density at radius 3 is 1.98 bits per heavy atom. The van der Waals surface area contributed by atoms with Crippen LogP contribution in [0.4, 0.5) is 9.59 Å². The number of unbranched alkanes of at least 4 members (excludes halogenated alkanes) is 13. The van der Waals surface area contributed by atoms with Crippen molar-refractivity contribution in [2.24, 2.45) is 0 Å². The summed E-state index contributed by atoms with van der Waals surface area (Å²) in [5, 5.41) is 5.74. The van der Waals surface area contributed by atoms with Crippen LogP contribution in [0, 0.1) is 0 Å². The highest BCUT2D eigenvalue weighted by Crippen LogP contribution is 2.50. The molecule has 2 heterocycles. The number of methoxy groups -OCH3 is 1. The molecule has 1 unspecified atom stereocenters. The highest BCUT2D eigenvalue weighted by molar-refractivity contribution is 8.01. The van der Waals surface area contributed by atoms with Crippen molar-refractivity contribution in [3.63, 3.8) is 0 Å². The van der Waals surface area contributed by atoms with Crippen LogP contribution < -0.4 is 27.6 Å². The molecule has 1 fully saturated rings. The number of hydrogen-bond acceptors (Lipinski definition) is 5.